The van der Waals surface area contributed by atoms with E-state index in [1.807, 2.05) is 0 Å². The normalized spacial score (nSPS) is 16.3. The molecule has 1 aliphatic heterocycles. The summed E-state index contributed by atoms with van der Waals surface area (Å²) in [5.41, 5.74) is -0.951. The van der Waals surface area contributed by atoms with E-state index in [-0.39, 0.29) is 23.6 Å². The van der Waals surface area contributed by atoms with Gasteiger partial charge in [-0.05, 0) is 44.9 Å². The van der Waals surface area contributed by atoms with Crippen LogP contribution in [0.4, 0.5) is 19.0 Å². The Morgan fingerprint density at radius 1 is 1.27 bits per heavy atom. The van der Waals surface area contributed by atoms with Crippen molar-refractivity contribution in [2.45, 2.75) is 45.0 Å². The van der Waals surface area contributed by atoms with E-state index in [1.165, 1.54) is 6.92 Å². The maximum absolute atomic E-state index is 13.0. The molecule has 1 N–H and O–H groups in total. The molecule has 1 aromatic heterocycles. The van der Waals surface area contributed by atoms with Crippen LogP contribution in [0.5, 0.6) is 5.75 Å². The lowest BCUT2D eigenvalue weighted by Gasteiger charge is -2.33. The minimum atomic E-state index is -4.52. The molecule has 1 fully saturated rings. The highest BCUT2D eigenvalue weighted by atomic mass is 35.5. The summed E-state index contributed by atoms with van der Waals surface area (Å²) in [6.45, 7) is 4.03. The van der Waals surface area contributed by atoms with E-state index in [1.54, 1.807) is 36.1 Å². The number of amides is 1. The summed E-state index contributed by atoms with van der Waals surface area (Å²) in [5.74, 6) is 0.560. The Morgan fingerprint density at radius 3 is 2.60 bits per heavy atom. The molecule has 6 nitrogen and oxygen atoms in total. The topological polar surface area (TPSA) is 67.4 Å². The van der Waals surface area contributed by atoms with Crippen molar-refractivity contribution in [2.75, 3.05) is 18.0 Å². The van der Waals surface area contributed by atoms with Crippen LogP contribution >= 0.6 is 11.6 Å². The van der Waals surface area contributed by atoms with Crippen LogP contribution in [0.1, 0.15) is 31.3 Å². The Kier molecular flexibility index (Phi) is 6.70. The molecule has 3 rings (SSSR count). The standard InChI is InChI=1S/C20H22ClF3N4O2/c1-12(30-16-5-3-4-14(21)10-16)19(29)27-15-6-8-28(9-7-15)18-11-17(20(22,23)24)25-13(2)26-18/h3-5,10-12,15H,6-9H2,1-2H3,(H,27,29)/t12-/m1/s1. The number of nitrogens with one attached hydrogen (secondary N) is 1. The summed E-state index contributed by atoms with van der Waals surface area (Å²) in [7, 11) is 0. The van der Waals surface area contributed by atoms with Crippen LogP contribution in [0.25, 0.3) is 0 Å². The molecule has 1 saturated heterocycles. The number of carbonyl (C=O) groups is 1. The van der Waals surface area contributed by atoms with E-state index in [0.717, 1.165) is 6.07 Å². The first-order chi connectivity index (χ1) is 14.1. The third-order valence-electron chi connectivity index (χ3n) is 4.76. The third-order valence-corrected chi connectivity index (χ3v) is 4.99. The van der Waals surface area contributed by atoms with Crippen molar-refractivity contribution in [3.05, 3.63) is 46.9 Å². The van der Waals surface area contributed by atoms with Crippen LogP contribution in [0.15, 0.2) is 30.3 Å². The quantitative estimate of drug-likeness (QED) is 0.757. The fourth-order valence-corrected chi connectivity index (χ4v) is 3.41. The second-order valence-corrected chi connectivity index (χ2v) is 7.58. The summed E-state index contributed by atoms with van der Waals surface area (Å²) < 4.78 is 44.6. The van der Waals surface area contributed by atoms with Gasteiger partial charge in [-0.3, -0.25) is 4.79 Å². The SMILES string of the molecule is Cc1nc(N2CCC(NC(=O)[C@@H](C)Oc3cccc(Cl)c3)CC2)cc(C(F)(F)F)n1. The first-order valence-electron chi connectivity index (χ1n) is 9.52. The van der Waals surface area contributed by atoms with E-state index in [9.17, 15) is 18.0 Å². The Hall–Kier alpha value is -2.55. The number of aromatic nitrogens is 2. The van der Waals surface area contributed by atoms with Gasteiger partial charge in [-0.2, -0.15) is 13.2 Å². The highest BCUT2D eigenvalue weighted by Crippen LogP contribution is 2.30. The third kappa shape index (κ3) is 5.75. The summed E-state index contributed by atoms with van der Waals surface area (Å²) in [4.78, 5) is 21.8. The van der Waals surface area contributed by atoms with Crippen molar-refractivity contribution >= 4 is 23.3 Å². The molecular weight excluding hydrogens is 421 g/mol. The molecule has 1 aliphatic rings. The van der Waals surface area contributed by atoms with Crippen LogP contribution in [0.3, 0.4) is 0 Å². The largest absolute Gasteiger partial charge is 0.481 e. The number of ether oxygens (including phenoxy) is 1. The smallest absolute Gasteiger partial charge is 0.433 e. The zero-order valence-electron chi connectivity index (χ0n) is 16.5. The molecule has 1 atom stereocenters. The van der Waals surface area contributed by atoms with Gasteiger partial charge < -0.3 is 15.0 Å². The molecule has 2 heterocycles. The zero-order valence-corrected chi connectivity index (χ0v) is 17.3. The van der Waals surface area contributed by atoms with Crippen LogP contribution < -0.4 is 15.0 Å². The number of carbonyl (C=O) groups excluding carboxylic acids is 1. The molecule has 2 aromatic rings. The Bertz CT molecular complexity index is 902. The fourth-order valence-electron chi connectivity index (χ4n) is 3.23. The first kappa shape index (κ1) is 22.1. The van der Waals surface area contributed by atoms with Crippen molar-refractivity contribution in [3.8, 4) is 5.75 Å². The van der Waals surface area contributed by atoms with E-state index >= 15 is 0 Å². The summed E-state index contributed by atoms with van der Waals surface area (Å²) >= 11 is 5.92. The molecule has 30 heavy (non-hydrogen) atoms. The average Bonchev–Trinajstić information content (AvgIpc) is 2.67. The first-order valence-corrected chi connectivity index (χ1v) is 9.90. The van der Waals surface area contributed by atoms with E-state index in [2.05, 4.69) is 15.3 Å². The predicted octanol–water partition coefficient (Wildman–Crippen LogP) is 4.01. The summed E-state index contributed by atoms with van der Waals surface area (Å²) in [6, 6.07) is 7.66. The number of aryl methyl sites for hydroxylation is 1. The summed E-state index contributed by atoms with van der Waals surface area (Å²) in [5, 5.41) is 3.45. The molecule has 0 radical (unpaired) electrons. The molecule has 0 spiro atoms. The van der Waals surface area contributed by atoms with Crippen LogP contribution in [-0.2, 0) is 11.0 Å². The fraction of sp³-hybridized carbons (Fsp3) is 0.450. The van der Waals surface area contributed by atoms with Gasteiger partial charge >= 0.3 is 6.18 Å². The van der Waals surface area contributed by atoms with Crippen LogP contribution in [0, 0.1) is 6.92 Å². The maximum Gasteiger partial charge on any atom is 0.433 e. The Balaban J connectivity index is 1.54. The minimum absolute atomic E-state index is 0.0715. The van der Waals surface area contributed by atoms with Crippen LogP contribution in [-0.4, -0.2) is 41.1 Å². The molecule has 0 bridgehead atoms. The number of halogens is 4. The second kappa shape index (κ2) is 9.07. The Morgan fingerprint density at radius 2 is 1.97 bits per heavy atom. The molecule has 0 saturated carbocycles. The van der Waals surface area contributed by atoms with Crippen molar-refractivity contribution in [1.82, 2.24) is 15.3 Å². The van der Waals surface area contributed by atoms with Gasteiger partial charge in [0.05, 0.1) is 0 Å². The summed E-state index contributed by atoms with van der Waals surface area (Å²) in [6.07, 6.45) is -4.06. The highest BCUT2D eigenvalue weighted by Gasteiger charge is 2.34. The van der Waals surface area contributed by atoms with Gasteiger partial charge in [0, 0.05) is 30.2 Å². The van der Waals surface area contributed by atoms with E-state index in [0.29, 0.717) is 36.7 Å². The van der Waals surface area contributed by atoms with E-state index in [4.69, 9.17) is 16.3 Å². The van der Waals surface area contributed by atoms with Gasteiger partial charge in [0.2, 0.25) is 0 Å². The monoisotopic (exact) mass is 442 g/mol. The number of rotatable bonds is 5. The molecular formula is C20H22ClF3N4O2. The zero-order chi connectivity index (χ0) is 21.9. The van der Waals surface area contributed by atoms with Gasteiger partial charge in [0.25, 0.3) is 5.91 Å². The van der Waals surface area contributed by atoms with Gasteiger partial charge in [-0.15, -0.1) is 0 Å². The van der Waals surface area contributed by atoms with Crippen molar-refractivity contribution in [2.24, 2.45) is 0 Å². The second-order valence-electron chi connectivity index (χ2n) is 7.14. The molecule has 0 aliphatic carbocycles. The molecule has 0 unspecified atom stereocenters. The lowest BCUT2D eigenvalue weighted by atomic mass is 10.0. The lowest BCUT2D eigenvalue weighted by molar-refractivity contribution is -0.141. The Labute approximate surface area is 177 Å². The number of nitrogens with zero attached hydrogens (tertiary/aromatic N) is 3. The maximum atomic E-state index is 13.0. The number of piperidine rings is 1. The molecule has 1 amide bonds. The minimum Gasteiger partial charge on any atom is -0.481 e. The molecule has 10 heteroatoms. The average molecular weight is 443 g/mol. The number of hydrogen-bond acceptors (Lipinski definition) is 5. The molecule has 162 valence electrons. The highest BCUT2D eigenvalue weighted by molar-refractivity contribution is 6.30. The number of hydrogen-bond donors (Lipinski definition) is 1. The number of benzene rings is 1. The number of anilines is 1. The lowest BCUT2D eigenvalue weighted by Crippen LogP contribution is -2.48. The van der Waals surface area contributed by atoms with Gasteiger partial charge in [0.1, 0.15) is 23.1 Å². The van der Waals surface area contributed by atoms with Crippen molar-refractivity contribution < 1.29 is 22.7 Å². The van der Waals surface area contributed by atoms with Gasteiger partial charge in [-0.25, -0.2) is 9.97 Å². The van der Waals surface area contributed by atoms with Crippen LogP contribution in [0.2, 0.25) is 5.02 Å². The molecule has 1 aromatic carbocycles. The van der Waals surface area contributed by atoms with Crippen molar-refractivity contribution in [1.29, 1.82) is 0 Å². The predicted molar refractivity (Wildman–Crippen MR) is 107 cm³/mol. The number of alkyl halides is 3. The van der Waals surface area contributed by atoms with Gasteiger partial charge in [0.15, 0.2) is 6.10 Å². The van der Waals surface area contributed by atoms with E-state index < -0.39 is 18.0 Å². The van der Waals surface area contributed by atoms with Gasteiger partial charge in [-0.1, -0.05) is 17.7 Å². The van der Waals surface area contributed by atoms with Crippen molar-refractivity contribution in [3.63, 3.8) is 0 Å².